The summed E-state index contributed by atoms with van der Waals surface area (Å²) in [4.78, 5) is 18.9. The summed E-state index contributed by atoms with van der Waals surface area (Å²) in [5.41, 5.74) is 3.32. The molecular weight excluding hydrogens is 431 g/mol. The number of halogens is 2. The molecule has 1 unspecified atom stereocenters. The first-order chi connectivity index (χ1) is 14.9. The second-order valence-electron chi connectivity index (χ2n) is 9.01. The molecule has 166 valence electrons. The lowest BCUT2D eigenvalue weighted by atomic mass is 9.99. The van der Waals surface area contributed by atoms with Gasteiger partial charge in [-0.25, -0.2) is 4.79 Å². The molecule has 2 heterocycles. The van der Waals surface area contributed by atoms with Crippen LogP contribution in [0.1, 0.15) is 25.0 Å². The smallest absolute Gasteiger partial charge is 0.322 e. The van der Waals surface area contributed by atoms with Crippen molar-refractivity contribution in [2.24, 2.45) is 5.92 Å². The molecule has 0 aliphatic carbocycles. The largest absolute Gasteiger partial charge is 0.331 e. The fraction of sp³-hybridized carbons (Fsp3) is 0.458. The first kappa shape index (κ1) is 22.4. The van der Waals surface area contributed by atoms with E-state index in [1.807, 2.05) is 35.2 Å². The molecule has 2 aliphatic rings. The van der Waals surface area contributed by atoms with Crippen molar-refractivity contribution < 1.29 is 9.69 Å². The van der Waals surface area contributed by atoms with E-state index in [0.29, 0.717) is 22.5 Å². The van der Waals surface area contributed by atoms with Crippen LogP contribution in [0.5, 0.6) is 0 Å². The minimum absolute atomic E-state index is 0.0232. The van der Waals surface area contributed by atoms with Gasteiger partial charge in [-0.3, -0.25) is 4.90 Å². The second-order valence-corrected chi connectivity index (χ2v) is 9.82. The molecule has 2 N–H and O–H groups in total. The first-order valence-electron chi connectivity index (χ1n) is 11.1. The minimum atomic E-state index is 0.0232. The summed E-state index contributed by atoms with van der Waals surface area (Å²) in [6, 6.07) is 14.2. The van der Waals surface area contributed by atoms with Gasteiger partial charge in [0.05, 0.1) is 42.3 Å². The summed E-state index contributed by atoms with van der Waals surface area (Å²) >= 11 is 12.2. The van der Waals surface area contributed by atoms with Crippen molar-refractivity contribution in [1.82, 2.24) is 9.80 Å². The maximum Gasteiger partial charge on any atom is 0.322 e. The monoisotopic (exact) mass is 461 g/mol. The Labute approximate surface area is 194 Å². The summed E-state index contributed by atoms with van der Waals surface area (Å²) in [6.45, 7) is 11.2. The zero-order chi connectivity index (χ0) is 22.0. The summed E-state index contributed by atoms with van der Waals surface area (Å²) in [6.07, 6.45) is 0. The summed E-state index contributed by atoms with van der Waals surface area (Å²) in [5.74, 6) is 0.401. The lowest BCUT2D eigenvalue weighted by molar-refractivity contribution is -0.906. The Morgan fingerprint density at radius 3 is 2.52 bits per heavy atom. The van der Waals surface area contributed by atoms with Gasteiger partial charge in [0.2, 0.25) is 0 Å². The van der Waals surface area contributed by atoms with Gasteiger partial charge >= 0.3 is 6.03 Å². The average molecular weight is 462 g/mol. The topological polar surface area (TPSA) is 40.0 Å². The molecule has 0 bridgehead atoms. The third kappa shape index (κ3) is 5.35. The Balaban J connectivity index is 1.35. The number of nitrogens with zero attached hydrogens (tertiary/aromatic N) is 2. The van der Waals surface area contributed by atoms with Gasteiger partial charge in [-0.1, -0.05) is 61.3 Å². The van der Waals surface area contributed by atoms with Crippen molar-refractivity contribution in [3.05, 3.63) is 63.6 Å². The van der Waals surface area contributed by atoms with Crippen LogP contribution in [0.3, 0.4) is 0 Å². The van der Waals surface area contributed by atoms with Gasteiger partial charge in [-0.2, -0.15) is 0 Å². The zero-order valence-corrected chi connectivity index (χ0v) is 19.7. The average Bonchev–Trinajstić information content (AvgIpc) is 2.75. The Morgan fingerprint density at radius 1 is 1.06 bits per heavy atom. The number of hydrogen-bond donors (Lipinski definition) is 2. The van der Waals surface area contributed by atoms with Crippen LogP contribution in [0.4, 0.5) is 10.5 Å². The highest BCUT2D eigenvalue weighted by molar-refractivity contribution is 6.42. The summed E-state index contributed by atoms with van der Waals surface area (Å²) in [7, 11) is 0. The molecule has 31 heavy (non-hydrogen) atoms. The zero-order valence-electron chi connectivity index (χ0n) is 18.2. The van der Waals surface area contributed by atoms with Crippen molar-refractivity contribution in [3.8, 4) is 0 Å². The molecule has 2 amide bonds. The van der Waals surface area contributed by atoms with Crippen molar-refractivity contribution in [2.45, 2.75) is 33.0 Å². The first-order valence-corrected chi connectivity index (χ1v) is 11.8. The number of carbonyl (C=O) groups excluding carboxylic acids is 1. The van der Waals surface area contributed by atoms with Gasteiger partial charge in [0.15, 0.2) is 0 Å². The third-order valence-corrected chi connectivity index (χ3v) is 7.22. The highest BCUT2D eigenvalue weighted by Gasteiger charge is 2.34. The molecule has 7 heteroatoms. The molecule has 0 spiro atoms. The molecule has 0 saturated carbocycles. The van der Waals surface area contributed by atoms with E-state index in [9.17, 15) is 4.79 Å². The Bertz CT molecular complexity index is 928. The van der Waals surface area contributed by atoms with Crippen molar-refractivity contribution in [2.75, 3.05) is 38.0 Å². The van der Waals surface area contributed by atoms with Crippen LogP contribution in [-0.2, 0) is 13.1 Å². The van der Waals surface area contributed by atoms with Gasteiger partial charge < -0.3 is 15.1 Å². The van der Waals surface area contributed by atoms with Crippen molar-refractivity contribution >= 4 is 34.9 Å². The number of nitrogens with one attached hydrogen (secondary N) is 2. The fourth-order valence-electron chi connectivity index (χ4n) is 4.62. The highest BCUT2D eigenvalue weighted by Crippen LogP contribution is 2.26. The number of quaternary nitrogens is 1. The van der Waals surface area contributed by atoms with E-state index in [-0.39, 0.29) is 12.1 Å². The summed E-state index contributed by atoms with van der Waals surface area (Å²) in [5, 5.41) is 4.29. The maximum atomic E-state index is 12.8. The molecule has 2 aromatic carbocycles. The van der Waals surface area contributed by atoms with Crippen LogP contribution in [0.25, 0.3) is 0 Å². The second kappa shape index (κ2) is 9.78. The van der Waals surface area contributed by atoms with Gasteiger partial charge in [0, 0.05) is 25.3 Å². The van der Waals surface area contributed by atoms with Gasteiger partial charge in [0.1, 0.15) is 0 Å². The molecule has 2 aliphatic heterocycles. The number of anilines is 1. The molecule has 0 radical (unpaired) electrons. The van der Waals surface area contributed by atoms with Crippen LogP contribution in [0.15, 0.2) is 42.5 Å². The van der Waals surface area contributed by atoms with E-state index in [2.05, 4.69) is 36.2 Å². The van der Waals surface area contributed by atoms with E-state index in [1.165, 1.54) is 11.1 Å². The maximum absolute atomic E-state index is 12.8. The van der Waals surface area contributed by atoms with Crippen LogP contribution >= 0.6 is 23.2 Å². The highest BCUT2D eigenvalue weighted by atomic mass is 35.5. The van der Waals surface area contributed by atoms with Crippen LogP contribution in [0.2, 0.25) is 10.0 Å². The lowest BCUT2D eigenvalue weighted by Gasteiger charge is -2.40. The molecular formula is C24H31Cl2N4O+. The number of benzene rings is 2. The predicted octanol–water partition coefficient (Wildman–Crippen LogP) is 3.77. The number of hydrogen-bond acceptors (Lipinski definition) is 2. The molecule has 4 rings (SSSR count). The van der Waals surface area contributed by atoms with Gasteiger partial charge in [-0.05, 0) is 35.2 Å². The van der Waals surface area contributed by atoms with E-state index in [0.717, 1.165) is 45.0 Å². The van der Waals surface area contributed by atoms with Crippen LogP contribution in [-0.4, -0.2) is 54.6 Å². The van der Waals surface area contributed by atoms with Crippen LogP contribution < -0.4 is 10.2 Å². The van der Waals surface area contributed by atoms with Crippen molar-refractivity contribution in [1.29, 1.82) is 0 Å². The third-order valence-electron chi connectivity index (χ3n) is 6.48. The van der Waals surface area contributed by atoms with Gasteiger partial charge in [0.25, 0.3) is 0 Å². The Morgan fingerprint density at radius 2 is 1.81 bits per heavy atom. The Kier molecular flexibility index (Phi) is 7.07. The van der Waals surface area contributed by atoms with Gasteiger partial charge in [-0.15, -0.1) is 0 Å². The number of rotatable bonds is 6. The van der Waals surface area contributed by atoms with E-state index in [4.69, 9.17) is 23.2 Å². The number of piperazine rings is 1. The number of amides is 2. The number of urea groups is 1. The molecule has 2 aromatic rings. The fourth-order valence-corrected chi connectivity index (χ4v) is 4.94. The number of fused-ring (bicyclic) bond motifs is 1. The molecule has 1 saturated heterocycles. The molecule has 5 nitrogen and oxygen atoms in total. The predicted molar refractivity (Wildman–Crippen MR) is 127 cm³/mol. The molecule has 1 atom stereocenters. The normalized spacial score (nSPS) is 18.7. The number of carbonyl (C=O) groups is 1. The van der Waals surface area contributed by atoms with E-state index >= 15 is 0 Å². The standard InChI is InChI=1S/C24H30Cl2N4O/c1-17(2)23(30-15-19-5-3-4-6-22(19)27-24(30)31)16-29-11-9-28(10-12-29)14-18-7-8-20(25)21(26)13-18/h3-8,13,17,23H,9-12,14-16H2,1-2H3,(H,27,31)/p+1. The van der Waals surface area contributed by atoms with E-state index in [1.54, 1.807) is 4.90 Å². The minimum Gasteiger partial charge on any atom is -0.331 e. The molecule has 0 aromatic heterocycles. The number of para-hydroxylation sites is 1. The van der Waals surface area contributed by atoms with E-state index < -0.39 is 0 Å². The van der Waals surface area contributed by atoms with Crippen molar-refractivity contribution in [3.63, 3.8) is 0 Å². The molecule has 1 fully saturated rings. The summed E-state index contributed by atoms with van der Waals surface area (Å²) < 4.78 is 0. The quantitative estimate of drug-likeness (QED) is 0.687. The Hall–Kier alpha value is -1.79. The lowest BCUT2D eigenvalue weighted by Crippen LogP contribution is -3.16. The SMILES string of the molecule is CC(C)C(C[NH+]1CCN(Cc2ccc(Cl)c(Cl)c2)CC1)N1Cc2ccccc2NC1=O. The van der Waals surface area contributed by atoms with Crippen LogP contribution in [0, 0.1) is 5.92 Å².